The van der Waals surface area contributed by atoms with Gasteiger partial charge in [0.2, 0.25) is 0 Å². The minimum Gasteiger partial charge on any atom is -0.455 e. The second kappa shape index (κ2) is 13.6. The molecular formula is C54H36N2O. The summed E-state index contributed by atoms with van der Waals surface area (Å²) in [6.45, 7) is 0. The Morgan fingerprint density at radius 1 is 0.368 bits per heavy atom. The molecule has 0 aliphatic rings. The summed E-state index contributed by atoms with van der Waals surface area (Å²) in [4.78, 5) is 2.38. The van der Waals surface area contributed by atoms with Crippen molar-refractivity contribution in [1.29, 1.82) is 0 Å². The maximum absolute atomic E-state index is 6.91. The molecule has 9 aromatic carbocycles. The Morgan fingerprint density at radius 3 is 1.63 bits per heavy atom. The average molecular weight is 729 g/mol. The highest BCUT2D eigenvalue weighted by atomic mass is 16.3. The van der Waals surface area contributed by atoms with Gasteiger partial charge >= 0.3 is 0 Å². The number of fused-ring (bicyclic) bond motifs is 6. The van der Waals surface area contributed by atoms with Gasteiger partial charge in [0.05, 0.1) is 22.1 Å². The number of anilines is 3. The Labute approximate surface area is 330 Å². The number of furan rings is 1. The van der Waals surface area contributed by atoms with Crippen LogP contribution in [-0.4, -0.2) is 4.57 Å². The molecule has 0 radical (unpaired) electrons. The highest BCUT2D eigenvalue weighted by molar-refractivity contribution is 6.17. The lowest BCUT2D eigenvalue weighted by molar-refractivity contribution is 0.670. The third-order valence-electron chi connectivity index (χ3n) is 11.2. The van der Waals surface area contributed by atoms with Gasteiger partial charge in [-0.05, 0) is 94.5 Å². The normalized spacial score (nSPS) is 11.5. The summed E-state index contributed by atoms with van der Waals surface area (Å²) in [6, 6.07) is 78.0. The van der Waals surface area contributed by atoms with Gasteiger partial charge in [-0.3, -0.25) is 0 Å². The van der Waals surface area contributed by atoms with Crippen molar-refractivity contribution in [3.05, 3.63) is 218 Å². The van der Waals surface area contributed by atoms with Gasteiger partial charge < -0.3 is 13.9 Å². The number of hydrogen-bond acceptors (Lipinski definition) is 2. The lowest BCUT2D eigenvalue weighted by Crippen LogP contribution is -2.10. The minimum atomic E-state index is 0.858. The van der Waals surface area contributed by atoms with E-state index in [1.807, 2.05) is 0 Å². The van der Waals surface area contributed by atoms with E-state index in [4.69, 9.17) is 4.42 Å². The molecule has 0 amide bonds. The van der Waals surface area contributed by atoms with Gasteiger partial charge in [0.25, 0.3) is 0 Å². The van der Waals surface area contributed by atoms with Gasteiger partial charge in [-0.15, -0.1) is 0 Å². The van der Waals surface area contributed by atoms with Gasteiger partial charge in [-0.2, -0.15) is 0 Å². The molecule has 0 atom stereocenters. The zero-order valence-corrected chi connectivity index (χ0v) is 31.1. The zero-order chi connectivity index (χ0) is 37.7. The molecule has 57 heavy (non-hydrogen) atoms. The number of aromatic nitrogens is 1. The molecular weight excluding hydrogens is 693 g/mol. The molecule has 0 saturated carbocycles. The fraction of sp³-hybridized carbons (Fsp3) is 0. The van der Waals surface area contributed by atoms with Gasteiger partial charge in [0, 0.05) is 38.8 Å². The summed E-state index contributed by atoms with van der Waals surface area (Å²) in [5, 5.41) is 4.64. The number of benzene rings is 9. The SMILES string of the molecule is c1ccc(-c2ccc(N(c3ccccc3)c3ccc(-c4cccc(-n5c6ccccc6c6ccccc65)c4)c4oc5ccccc5c34)cc2-c2ccccc2)cc1. The second-order valence-electron chi connectivity index (χ2n) is 14.5. The van der Waals surface area contributed by atoms with Crippen LogP contribution in [0.15, 0.2) is 223 Å². The summed E-state index contributed by atoms with van der Waals surface area (Å²) < 4.78 is 9.28. The van der Waals surface area contributed by atoms with Crippen LogP contribution in [0.5, 0.6) is 0 Å². The number of nitrogens with zero attached hydrogens (tertiary/aromatic N) is 2. The van der Waals surface area contributed by atoms with Crippen LogP contribution >= 0.6 is 0 Å². The van der Waals surface area contributed by atoms with Crippen molar-refractivity contribution in [2.75, 3.05) is 4.90 Å². The van der Waals surface area contributed by atoms with Crippen molar-refractivity contribution >= 4 is 60.8 Å². The fourth-order valence-electron chi connectivity index (χ4n) is 8.64. The molecule has 11 aromatic rings. The minimum absolute atomic E-state index is 0.858. The van der Waals surface area contributed by atoms with E-state index in [1.165, 1.54) is 44.1 Å². The maximum Gasteiger partial charge on any atom is 0.145 e. The van der Waals surface area contributed by atoms with E-state index >= 15 is 0 Å². The predicted octanol–water partition coefficient (Wildman–Crippen LogP) is 15.2. The maximum atomic E-state index is 6.91. The molecule has 11 rings (SSSR count). The third-order valence-corrected chi connectivity index (χ3v) is 11.2. The first-order valence-corrected chi connectivity index (χ1v) is 19.4. The van der Waals surface area contributed by atoms with Crippen molar-refractivity contribution in [3.63, 3.8) is 0 Å². The van der Waals surface area contributed by atoms with E-state index in [2.05, 4.69) is 228 Å². The first-order valence-electron chi connectivity index (χ1n) is 19.4. The Kier molecular flexibility index (Phi) is 7.82. The molecule has 3 nitrogen and oxygen atoms in total. The molecule has 0 unspecified atom stereocenters. The van der Waals surface area contributed by atoms with E-state index in [9.17, 15) is 0 Å². The van der Waals surface area contributed by atoms with Crippen LogP contribution in [0.2, 0.25) is 0 Å². The second-order valence-corrected chi connectivity index (χ2v) is 14.5. The first-order chi connectivity index (χ1) is 28.3. The lowest BCUT2D eigenvalue weighted by Gasteiger charge is -2.28. The summed E-state index contributed by atoms with van der Waals surface area (Å²) in [6.07, 6.45) is 0. The van der Waals surface area contributed by atoms with E-state index in [-0.39, 0.29) is 0 Å². The van der Waals surface area contributed by atoms with E-state index in [0.717, 1.165) is 55.8 Å². The first kappa shape index (κ1) is 32.8. The Balaban J connectivity index is 1.14. The number of hydrogen-bond donors (Lipinski definition) is 0. The van der Waals surface area contributed by atoms with E-state index in [0.29, 0.717) is 0 Å². The monoisotopic (exact) mass is 728 g/mol. The molecule has 0 spiro atoms. The fourth-order valence-corrected chi connectivity index (χ4v) is 8.64. The predicted molar refractivity (Wildman–Crippen MR) is 239 cm³/mol. The Morgan fingerprint density at radius 2 is 0.930 bits per heavy atom. The molecule has 0 N–H and O–H groups in total. The smallest absolute Gasteiger partial charge is 0.145 e. The van der Waals surface area contributed by atoms with Crippen LogP contribution in [0.4, 0.5) is 17.1 Å². The van der Waals surface area contributed by atoms with Crippen molar-refractivity contribution in [2.45, 2.75) is 0 Å². The van der Waals surface area contributed by atoms with E-state index < -0.39 is 0 Å². The van der Waals surface area contributed by atoms with Crippen LogP contribution in [0.1, 0.15) is 0 Å². The summed E-state index contributed by atoms with van der Waals surface area (Å²) in [5.74, 6) is 0. The van der Waals surface area contributed by atoms with Crippen molar-refractivity contribution in [2.24, 2.45) is 0 Å². The Hall–Kier alpha value is -7.62. The largest absolute Gasteiger partial charge is 0.455 e. The molecule has 0 bridgehead atoms. The van der Waals surface area contributed by atoms with Crippen LogP contribution in [0.25, 0.3) is 82.8 Å². The highest BCUT2D eigenvalue weighted by Gasteiger charge is 2.23. The lowest BCUT2D eigenvalue weighted by atomic mass is 9.93. The van der Waals surface area contributed by atoms with Crippen molar-refractivity contribution in [1.82, 2.24) is 4.57 Å². The van der Waals surface area contributed by atoms with Crippen LogP contribution < -0.4 is 4.90 Å². The van der Waals surface area contributed by atoms with E-state index in [1.54, 1.807) is 0 Å². The van der Waals surface area contributed by atoms with Gasteiger partial charge in [0.1, 0.15) is 11.2 Å². The van der Waals surface area contributed by atoms with Crippen LogP contribution in [0, 0.1) is 0 Å². The number of para-hydroxylation sites is 4. The number of rotatable bonds is 7. The molecule has 268 valence electrons. The highest BCUT2D eigenvalue weighted by Crippen LogP contribution is 2.47. The summed E-state index contributed by atoms with van der Waals surface area (Å²) in [5.41, 5.74) is 15.2. The molecule has 0 aliphatic carbocycles. The molecule has 0 saturated heterocycles. The van der Waals surface area contributed by atoms with Crippen LogP contribution in [0.3, 0.4) is 0 Å². The van der Waals surface area contributed by atoms with Crippen molar-refractivity contribution in [3.8, 4) is 39.1 Å². The van der Waals surface area contributed by atoms with Gasteiger partial charge in [-0.1, -0.05) is 152 Å². The average Bonchev–Trinajstić information content (AvgIpc) is 3.84. The summed E-state index contributed by atoms with van der Waals surface area (Å²) >= 11 is 0. The molecule has 2 heterocycles. The van der Waals surface area contributed by atoms with Gasteiger partial charge in [-0.25, -0.2) is 0 Å². The van der Waals surface area contributed by atoms with Gasteiger partial charge in [0.15, 0.2) is 0 Å². The summed E-state index contributed by atoms with van der Waals surface area (Å²) in [7, 11) is 0. The molecule has 3 heteroatoms. The van der Waals surface area contributed by atoms with Crippen LogP contribution in [-0.2, 0) is 0 Å². The molecule has 0 aliphatic heterocycles. The topological polar surface area (TPSA) is 21.3 Å². The third kappa shape index (κ3) is 5.51. The zero-order valence-electron chi connectivity index (χ0n) is 31.1. The molecule has 0 fully saturated rings. The Bertz CT molecular complexity index is 3180. The standard InChI is InChI=1S/C54H36N2O/c1-4-17-37(18-5-1)43-32-31-42(36-48(43)38-19-6-2-7-20-38)55(40-22-8-3-9-23-40)51-34-33-44(54-53(51)47-27-12-15-30-52(47)57-54)39-21-16-24-41(35-39)56-49-28-13-10-25-45(49)46-26-11-14-29-50(46)56/h1-36H. The molecule has 2 aromatic heterocycles. The quantitative estimate of drug-likeness (QED) is 0.163. The van der Waals surface area contributed by atoms with Crippen molar-refractivity contribution < 1.29 is 4.42 Å².